The van der Waals surface area contributed by atoms with Crippen LogP contribution in [0.3, 0.4) is 0 Å². The topological polar surface area (TPSA) is 78.9 Å². The Morgan fingerprint density at radius 2 is 0.597 bits per heavy atom. The van der Waals surface area contributed by atoms with Crippen LogP contribution in [0.5, 0.6) is 0 Å². The van der Waals surface area contributed by atoms with Gasteiger partial charge in [-0.3, -0.25) is 14.4 Å². The van der Waals surface area contributed by atoms with E-state index in [0.29, 0.717) is 25.7 Å². The molecule has 0 aliphatic carbocycles. The number of carbonyl (C=O) groups excluding carboxylic acids is 3. The van der Waals surface area contributed by atoms with Gasteiger partial charge in [0, 0.05) is 19.3 Å². The summed E-state index contributed by atoms with van der Waals surface area (Å²) in [6.45, 7) is 6.59. The molecule has 0 bridgehead atoms. The van der Waals surface area contributed by atoms with Crippen LogP contribution in [-0.2, 0) is 28.6 Å². The standard InChI is InChI=1S/C56H100O6/c1-4-7-10-13-16-19-22-25-27-28-30-32-35-37-40-43-46-49-55(58)61-52-53(62-56(59)50-47-44-41-38-33-24-21-18-15-12-9-6-3)51-60-54(57)48-45-42-39-36-34-31-29-26-23-20-17-14-11-8-5-2/h25-27,29-30,32,37,40,53H,4-24,28,31,33-36,38-39,41-52H2,1-3H3/b27-25-,29-26-,32-30-,40-37-/t53-/m0/s1. The summed E-state index contributed by atoms with van der Waals surface area (Å²) in [5.74, 6) is -0.944. The van der Waals surface area contributed by atoms with Gasteiger partial charge < -0.3 is 14.2 Å². The average Bonchev–Trinajstić information content (AvgIpc) is 3.27. The Bertz CT molecular complexity index is 1090. The predicted molar refractivity (Wildman–Crippen MR) is 265 cm³/mol. The van der Waals surface area contributed by atoms with E-state index in [9.17, 15) is 14.4 Å². The van der Waals surface area contributed by atoms with E-state index < -0.39 is 6.10 Å². The first-order valence-corrected chi connectivity index (χ1v) is 26.6. The van der Waals surface area contributed by atoms with Crippen molar-refractivity contribution in [3.8, 4) is 0 Å². The molecular weight excluding hydrogens is 769 g/mol. The molecule has 0 rings (SSSR count). The monoisotopic (exact) mass is 869 g/mol. The second-order valence-corrected chi connectivity index (χ2v) is 17.8. The van der Waals surface area contributed by atoms with E-state index in [1.54, 1.807) is 0 Å². The molecule has 0 amide bonds. The van der Waals surface area contributed by atoms with Gasteiger partial charge in [-0.15, -0.1) is 0 Å². The largest absolute Gasteiger partial charge is 0.462 e. The van der Waals surface area contributed by atoms with Gasteiger partial charge in [-0.1, -0.05) is 223 Å². The van der Waals surface area contributed by atoms with Gasteiger partial charge in [0.2, 0.25) is 0 Å². The molecule has 0 aromatic carbocycles. The normalized spacial score (nSPS) is 12.4. The van der Waals surface area contributed by atoms with E-state index in [2.05, 4.69) is 69.4 Å². The molecular formula is C56H100O6. The summed E-state index contributed by atoms with van der Waals surface area (Å²) >= 11 is 0. The van der Waals surface area contributed by atoms with Crippen molar-refractivity contribution in [3.63, 3.8) is 0 Å². The molecule has 1 atom stereocenters. The van der Waals surface area contributed by atoms with Crippen LogP contribution < -0.4 is 0 Å². The Morgan fingerprint density at radius 1 is 0.323 bits per heavy atom. The van der Waals surface area contributed by atoms with Crippen molar-refractivity contribution in [2.75, 3.05) is 13.2 Å². The molecule has 0 radical (unpaired) electrons. The fourth-order valence-corrected chi connectivity index (χ4v) is 7.51. The molecule has 360 valence electrons. The maximum atomic E-state index is 12.8. The molecule has 0 saturated heterocycles. The lowest BCUT2D eigenvalue weighted by Gasteiger charge is -2.18. The van der Waals surface area contributed by atoms with Crippen LogP contribution in [-0.4, -0.2) is 37.2 Å². The SMILES string of the molecule is CCCCCCCC/C=C\C/C=C\C/C=C\CCCC(=O)OC[C@H](COC(=O)CCCCCCC/C=C\CCCCCCCC)OC(=O)CCCCCCCCCCCCCC. The summed E-state index contributed by atoms with van der Waals surface area (Å²) in [5.41, 5.74) is 0. The van der Waals surface area contributed by atoms with Crippen molar-refractivity contribution in [2.45, 2.75) is 277 Å². The molecule has 0 heterocycles. The minimum atomic E-state index is -0.793. The third-order valence-electron chi connectivity index (χ3n) is 11.6. The van der Waals surface area contributed by atoms with Crippen molar-refractivity contribution in [1.82, 2.24) is 0 Å². The molecule has 0 aliphatic heterocycles. The van der Waals surface area contributed by atoms with Gasteiger partial charge in [-0.05, 0) is 77.0 Å². The highest BCUT2D eigenvalue weighted by atomic mass is 16.6. The van der Waals surface area contributed by atoms with Crippen molar-refractivity contribution in [2.24, 2.45) is 0 Å². The highest BCUT2D eigenvalue weighted by molar-refractivity contribution is 5.71. The number of esters is 3. The van der Waals surface area contributed by atoms with Gasteiger partial charge in [0.25, 0.3) is 0 Å². The van der Waals surface area contributed by atoms with E-state index in [1.165, 1.54) is 161 Å². The number of hydrogen-bond acceptors (Lipinski definition) is 6. The van der Waals surface area contributed by atoms with E-state index in [0.717, 1.165) is 64.2 Å². The van der Waals surface area contributed by atoms with Crippen molar-refractivity contribution >= 4 is 17.9 Å². The fourth-order valence-electron chi connectivity index (χ4n) is 7.51. The Kier molecular flexibility index (Phi) is 48.8. The third kappa shape index (κ3) is 48.4. The number of ether oxygens (including phenoxy) is 3. The number of hydrogen-bond donors (Lipinski definition) is 0. The zero-order valence-corrected chi connectivity index (χ0v) is 41.1. The Labute approximate surface area is 384 Å². The van der Waals surface area contributed by atoms with Crippen molar-refractivity contribution in [3.05, 3.63) is 48.6 Å². The Balaban J connectivity index is 4.43. The molecule has 0 unspecified atom stereocenters. The maximum absolute atomic E-state index is 12.8. The molecule has 62 heavy (non-hydrogen) atoms. The molecule has 0 aromatic heterocycles. The number of carbonyl (C=O) groups is 3. The molecule has 6 heteroatoms. The lowest BCUT2D eigenvalue weighted by atomic mass is 10.0. The number of unbranched alkanes of at least 4 members (excludes halogenated alkanes) is 29. The first-order valence-electron chi connectivity index (χ1n) is 26.6. The van der Waals surface area contributed by atoms with E-state index in [1.807, 2.05) is 0 Å². The second kappa shape index (κ2) is 51.0. The van der Waals surface area contributed by atoms with Gasteiger partial charge in [0.15, 0.2) is 6.10 Å². The van der Waals surface area contributed by atoms with E-state index >= 15 is 0 Å². The molecule has 6 nitrogen and oxygen atoms in total. The van der Waals surface area contributed by atoms with Crippen molar-refractivity contribution in [1.29, 1.82) is 0 Å². The van der Waals surface area contributed by atoms with Crippen LogP contribution in [0, 0.1) is 0 Å². The minimum absolute atomic E-state index is 0.0907. The summed E-state index contributed by atoms with van der Waals surface area (Å²) in [6.07, 6.45) is 61.0. The number of allylic oxidation sites excluding steroid dienone is 8. The molecule has 0 aliphatic rings. The molecule has 0 fully saturated rings. The van der Waals surface area contributed by atoms with Gasteiger partial charge in [0.05, 0.1) is 0 Å². The van der Waals surface area contributed by atoms with Crippen LogP contribution >= 0.6 is 0 Å². The van der Waals surface area contributed by atoms with Crippen LogP contribution in [0.4, 0.5) is 0 Å². The predicted octanol–water partition coefficient (Wildman–Crippen LogP) is 17.5. The zero-order valence-electron chi connectivity index (χ0n) is 41.1. The number of rotatable bonds is 48. The highest BCUT2D eigenvalue weighted by Gasteiger charge is 2.19. The van der Waals surface area contributed by atoms with Crippen molar-refractivity contribution < 1.29 is 28.6 Å². The van der Waals surface area contributed by atoms with Crippen LogP contribution in [0.15, 0.2) is 48.6 Å². The molecule has 0 saturated carbocycles. The van der Waals surface area contributed by atoms with Gasteiger partial charge >= 0.3 is 17.9 Å². The van der Waals surface area contributed by atoms with Gasteiger partial charge in [-0.25, -0.2) is 0 Å². The first-order chi connectivity index (χ1) is 30.5. The summed E-state index contributed by atoms with van der Waals surface area (Å²) in [7, 11) is 0. The van der Waals surface area contributed by atoms with Crippen LogP contribution in [0.1, 0.15) is 271 Å². The lowest BCUT2D eigenvalue weighted by molar-refractivity contribution is -0.167. The molecule has 0 N–H and O–H groups in total. The van der Waals surface area contributed by atoms with E-state index in [-0.39, 0.29) is 31.1 Å². The smallest absolute Gasteiger partial charge is 0.306 e. The second-order valence-electron chi connectivity index (χ2n) is 17.8. The lowest BCUT2D eigenvalue weighted by Crippen LogP contribution is -2.30. The highest BCUT2D eigenvalue weighted by Crippen LogP contribution is 2.15. The Hall–Kier alpha value is -2.63. The van der Waals surface area contributed by atoms with Crippen LogP contribution in [0.25, 0.3) is 0 Å². The quantitative estimate of drug-likeness (QED) is 0.0262. The molecule has 0 aromatic rings. The average molecular weight is 869 g/mol. The Morgan fingerprint density at radius 3 is 0.984 bits per heavy atom. The minimum Gasteiger partial charge on any atom is -0.462 e. The molecule has 0 spiro atoms. The van der Waals surface area contributed by atoms with Crippen LogP contribution in [0.2, 0.25) is 0 Å². The summed E-state index contributed by atoms with van der Waals surface area (Å²) in [6, 6.07) is 0. The third-order valence-corrected chi connectivity index (χ3v) is 11.6. The maximum Gasteiger partial charge on any atom is 0.306 e. The van der Waals surface area contributed by atoms with Gasteiger partial charge in [-0.2, -0.15) is 0 Å². The fraction of sp³-hybridized carbons (Fsp3) is 0.804. The van der Waals surface area contributed by atoms with Gasteiger partial charge in [0.1, 0.15) is 13.2 Å². The first kappa shape index (κ1) is 59.4. The summed E-state index contributed by atoms with van der Waals surface area (Å²) < 4.78 is 16.8. The summed E-state index contributed by atoms with van der Waals surface area (Å²) in [5, 5.41) is 0. The summed E-state index contributed by atoms with van der Waals surface area (Å²) in [4.78, 5) is 38.0. The van der Waals surface area contributed by atoms with E-state index in [4.69, 9.17) is 14.2 Å². The zero-order chi connectivity index (χ0) is 45.1.